The average molecular weight is 337 g/mol. The minimum absolute atomic E-state index is 0.598. The van der Waals surface area contributed by atoms with Gasteiger partial charge in [0.05, 0.1) is 11.4 Å². The highest BCUT2D eigenvalue weighted by molar-refractivity contribution is 9.10. The van der Waals surface area contributed by atoms with Crippen molar-refractivity contribution < 1.29 is 0 Å². The van der Waals surface area contributed by atoms with Crippen LogP contribution in [0, 0.1) is 0 Å². The van der Waals surface area contributed by atoms with Crippen molar-refractivity contribution in [3.05, 3.63) is 46.9 Å². The molecule has 0 saturated heterocycles. The minimum atomic E-state index is 0.598. The van der Waals surface area contributed by atoms with Gasteiger partial charge in [-0.2, -0.15) is 0 Å². The molecule has 2 aromatic rings. The van der Waals surface area contributed by atoms with Crippen molar-refractivity contribution >= 4 is 44.8 Å². The van der Waals surface area contributed by atoms with Crippen LogP contribution in [-0.2, 0) is 0 Å². The monoisotopic (exact) mass is 336 g/mol. The Hall–Kier alpha value is -1.13. The molecule has 0 aromatic heterocycles. The van der Waals surface area contributed by atoms with Gasteiger partial charge in [-0.15, -0.1) is 11.8 Å². The molecule has 0 heterocycles. The largest absolute Gasteiger partial charge is 0.397 e. The number of anilines is 3. The van der Waals surface area contributed by atoms with E-state index in [1.807, 2.05) is 30.0 Å². The third-order valence-electron chi connectivity index (χ3n) is 2.52. The zero-order valence-corrected chi connectivity index (χ0v) is 13.4. The summed E-state index contributed by atoms with van der Waals surface area (Å²) in [6.07, 6.45) is 0. The van der Waals surface area contributed by atoms with Gasteiger partial charge in [0.15, 0.2) is 0 Å². The fourth-order valence-corrected chi connectivity index (χ4v) is 2.91. The van der Waals surface area contributed by atoms with Crippen LogP contribution in [0.4, 0.5) is 17.1 Å². The number of benzene rings is 2. The van der Waals surface area contributed by atoms with Crippen molar-refractivity contribution in [1.29, 1.82) is 0 Å². The van der Waals surface area contributed by atoms with Crippen LogP contribution in [0.1, 0.15) is 13.8 Å². The first-order chi connectivity index (χ1) is 9.04. The Morgan fingerprint density at radius 2 is 1.79 bits per heavy atom. The summed E-state index contributed by atoms with van der Waals surface area (Å²) in [7, 11) is 0. The second-order valence-electron chi connectivity index (χ2n) is 4.55. The number of halogens is 1. The van der Waals surface area contributed by atoms with E-state index >= 15 is 0 Å². The zero-order chi connectivity index (χ0) is 13.8. The number of nitrogens with one attached hydrogen (secondary N) is 1. The van der Waals surface area contributed by atoms with Crippen LogP contribution in [0.2, 0.25) is 0 Å². The van der Waals surface area contributed by atoms with Gasteiger partial charge in [-0.3, -0.25) is 0 Å². The van der Waals surface area contributed by atoms with Crippen LogP contribution in [0.15, 0.2) is 51.8 Å². The Labute approximate surface area is 126 Å². The quantitative estimate of drug-likeness (QED) is 0.589. The standard InChI is InChI=1S/C15H17BrN2S/c1-10(2)19-13-6-4-12(5-7-13)18-15-8-3-11(16)9-14(15)17/h3-10,18H,17H2,1-2H3. The maximum absolute atomic E-state index is 5.97. The van der Waals surface area contributed by atoms with Gasteiger partial charge in [-0.25, -0.2) is 0 Å². The lowest BCUT2D eigenvalue weighted by Gasteiger charge is -2.11. The van der Waals surface area contributed by atoms with Crippen LogP contribution < -0.4 is 11.1 Å². The molecule has 3 N–H and O–H groups in total. The van der Waals surface area contributed by atoms with Crippen LogP contribution in [0.5, 0.6) is 0 Å². The van der Waals surface area contributed by atoms with Gasteiger partial charge in [-0.05, 0) is 42.5 Å². The van der Waals surface area contributed by atoms with E-state index < -0.39 is 0 Å². The molecule has 0 aliphatic heterocycles. The molecule has 0 aliphatic rings. The molecular weight excluding hydrogens is 320 g/mol. The summed E-state index contributed by atoms with van der Waals surface area (Å²) in [5.74, 6) is 0. The summed E-state index contributed by atoms with van der Waals surface area (Å²) in [6.45, 7) is 4.39. The van der Waals surface area contributed by atoms with E-state index in [1.54, 1.807) is 0 Å². The number of nitrogens with two attached hydrogens (primary N) is 1. The van der Waals surface area contributed by atoms with E-state index in [0.29, 0.717) is 5.25 Å². The van der Waals surface area contributed by atoms with E-state index in [0.717, 1.165) is 21.5 Å². The second-order valence-corrected chi connectivity index (χ2v) is 7.11. The van der Waals surface area contributed by atoms with Gasteiger partial charge in [0.1, 0.15) is 0 Å². The smallest absolute Gasteiger partial charge is 0.0618 e. The summed E-state index contributed by atoms with van der Waals surface area (Å²) < 4.78 is 0.985. The Balaban J connectivity index is 2.10. The van der Waals surface area contributed by atoms with Gasteiger partial charge >= 0.3 is 0 Å². The first kappa shape index (κ1) is 14.3. The summed E-state index contributed by atoms with van der Waals surface area (Å²) in [4.78, 5) is 1.28. The molecule has 0 bridgehead atoms. The maximum atomic E-state index is 5.97. The van der Waals surface area contributed by atoms with E-state index in [-0.39, 0.29) is 0 Å². The predicted molar refractivity (Wildman–Crippen MR) is 89.3 cm³/mol. The molecule has 100 valence electrons. The van der Waals surface area contributed by atoms with Crippen molar-refractivity contribution in [3.63, 3.8) is 0 Å². The molecule has 19 heavy (non-hydrogen) atoms. The van der Waals surface area contributed by atoms with Crippen LogP contribution >= 0.6 is 27.7 Å². The van der Waals surface area contributed by atoms with Crippen molar-refractivity contribution in [1.82, 2.24) is 0 Å². The number of rotatable bonds is 4. The predicted octanol–water partition coefficient (Wildman–Crippen LogP) is 5.28. The summed E-state index contributed by atoms with van der Waals surface area (Å²) in [6, 6.07) is 14.2. The summed E-state index contributed by atoms with van der Waals surface area (Å²) in [5.41, 5.74) is 8.67. The number of hydrogen-bond donors (Lipinski definition) is 2. The van der Waals surface area contributed by atoms with Gasteiger partial charge in [0.2, 0.25) is 0 Å². The third-order valence-corrected chi connectivity index (χ3v) is 4.03. The molecule has 0 atom stereocenters. The molecule has 0 aliphatic carbocycles. The first-order valence-electron chi connectivity index (χ1n) is 6.13. The van der Waals surface area contributed by atoms with E-state index in [2.05, 4.69) is 59.4 Å². The fourth-order valence-electron chi connectivity index (χ4n) is 1.69. The fraction of sp³-hybridized carbons (Fsp3) is 0.200. The van der Waals surface area contributed by atoms with Gasteiger partial charge in [0.25, 0.3) is 0 Å². The molecule has 2 rings (SSSR count). The van der Waals surface area contributed by atoms with Crippen molar-refractivity contribution in [2.75, 3.05) is 11.1 Å². The van der Waals surface area contributed by atoms with E-state index in [9.17, 15) is 0 Å². The molecule has 0 unspecified atom stereocenters. The van der Waals surface area contributed by atoms with Crippen LogP contribution in [0.25, 0.3) is 0 Å². The lowest BCUT2D eigenvalue weighted by atomic mass is 10.2. The highest BCUT2D eigenvalue weighted by Gasteiger charge is 2.02. The molecule has 0 amide bonds. The topological polar surface area (TPSA) is 38.0 Å². The van der Waals surface area contributed by atoms with Crippen LogP contribution in [-0.4, -0.2) is 5.25 Å². The zero-order valence-electron chi connectivity index (χ0n) is 11.0. The Bertz CT molecular complexity index is 553. The lowest BCUT2D eigenvalue weighted by molar-refractivity contribution is 1.11. The Morgan fingerprint density at radius 1 is 1.11 bits per heavy atom. The summed E-state index contributed by atoms with van der Waals surface area (Å²) in [5, 5.41) is 3.92. The van der Waals surface area contributed by atoms with Crippen molar-refractivity contribution in [3.8, 4) is 0 Å². The Morgan fingerprint density at radius 3 is 2.37 bits per heavy atom. The third kappa shape index (κ3) is 4.18. The molecule has 2 aromatic carbocycles. The van der Waals surface area contributed by atoms with Gasteiger partial charge in [-0.1, -0.05) is 29.8 Å². The maximum Gasteiger partial charge on any atom is 0.0618 e. The van der Waals surface area contributed by atoms with Gasteiger partial charge < -0.3 is 11.1 Å². The van der Waals surface area contributed by atoms with Crippen LogP contribution in [0.3, 0.4) is 0 Å². The summed E-state index contributed by atoms with van der Waals surface area (Å²) >= 11 is 5.26. The number of thioether (sulfide) groups is 1. The van der Waals surface area contributed by atoms with Crippen molar-refractivity contribution in [2.24, 2.45) is 0 Å². The molecule has 4 heteroatoms. The molecular formula is C15H17BrN2S. The number of nitrogen functional groups attached to an aromatic ring is 1. The molecule has 2 nitrogen and oxygen atoms in total. The minimum Gasteiger partial charge on any atom is -0.397 e. The van der Waals surface area contributed by atoms with Gasteiger partial charge in [0, 0.05) is 20.3 Å². The lowest BCUT2D eigenvalue weighted by Crippen LogP contribution is -1.96. The number of hydrogen-bond acceptors (Lipinski definition) is 3. The SMILES string of the molecule is CC(C)Sc1ccc(Nc2ccc(Br)cc2N)cc1. The highest BCUT2D eigenvalue weighted by atomic mass is 79.9. The molecule has 0 saturated carbocycles. The normalized spacial score (nSPS) is 10.7. The average Bonchev–Trinajstić information content (AvgIpc) is 2.34. The molecule has 0 radical (unpaired) electrons. The highest BCUT2D eigenvalue weighted by Crippen LogP contribution is 2.28. The Kier molecular flexibility index (Phi) is 4.77. The van der Waals surface area contributed by atoms with E-state index in [1.165, 1.54) is 4.90 Å². The second kappa shape index (κ2) is 6.35. The molecule has 0 spiro atoms. The first-order valence-corrected chi connectivity index (χ1v) is 7.80. The van der Waals surface area contributed by atoms with E-state index in [4.69, 9.17) is 5.73 Å². The van der Waals surface area contributed by atoms with Crippen molar-refractivity contribution in [2.45, 2.75) is 24.0 Å². The molecule has 0 fully saturated rings.